The van der Waals surface area contributed by atoms with Gasteiger partial charge in [0.05, 0.1) is 0 Å². The van der Waals surface area contributed by atoms with E-state index in [1.807, 2.05) is 11.3 Å². The van der Waals surface area contributed by atoms with E-state index in [1.54, 1.807) is 0 Å². The van der Waals surface area contributed by atoms with Gasteiger partial charge in [-0.3, -0.25) is 0 Å². The summed E-state index contributed by atoms with van der Waals surface area (Å²) in [6.07, 6.45) is 10.2. The first kappa shape index (κ1) is 20.5. The fraction of sp³-hybridized carbons (Fsp3) is 0.333. The zero-order valence-electron chi connectivity index (χ0n) is 18.8. The van der Waals surface area contributed by atoms with Crippen LogP contribution in [0.4, 0.5) is 0 Å². The quantitative estimate of drug-likeness (QED) is 0.217. The zero-order chi connectivity index (χ0) is 21.2. The molecule has 0 fully saturated rings. The number of hydrogen-bond donors (Lipinski definition) is 0. The van der Waals surface area contributed by atoms with Gasteiger partial charge in [0, 0.05) is 20.2 Å². The maximum atomic E-state index is 2.43. The lowest BCUT2D eigenvalue weighted by molar-refractivity contribution is 0.718. The molecule has 0 nitrogen and oxygen atoms in total. The molecule has 4 aromatic carbocycles. The van der Waals surface area contributed by atoms with Crippen molar-refractivity contribution in [1.29, 1.82) is 0 Å². The van der Waals surface area contributed by atoms with Gasteiger partial charge in [0.15, 0.2) is 0 Å². The van der Waals surface area contributed by atoms with E-state index in [1.165, 1.54) is 104 Å². The third-order valence-corrected chi connectivity index (χ3v) is 7.77. The third-order valence-electron chi connectivity index (χ3n) is 6.65. The lowest BCUT2D eigenvalue weighted by Gasteiger charge is -2.05. The molecule has 0 aliphatic rings. The summed E-state index contributed by atoms with van der Waals surface area (Å²) < 4.78 is 2.81. The fourth-order valence-electron chi connectivity index (χ4n) is 4.83. The minimum atomic E-state index is 1.19. The smallest absolute Gasteiger partial charge is 0.0361 e. The van der Waals surface area contributed by atoms with Crippen LogP contribution in [-0.4, -0.2) is 0 Å². The summed E-state index contributed by atoms with van der Waals surface area (Å²) in [6, 6.07) is 23.8. The molecule has 158 valence electrons. The van der Waals surface area contributed by atoms with Crippen LogP contribution in [0, 0.1) is 0 Å². The molecule has 0 saturated heterocycles. The summed E-state index contributed by atoms with van der Waals surface area (Å²) in [5.41, 5.74) is 2.95. The molecule has 0 aliphatic carbocycles. The first-order chi connectivity index (χ1) is 15.2. The maximum absolute atomic E-state index is 2.43. The van der Waals surface area contributed by atoms with Crippen molar-refractivity contribution in [3.05, 3.63) is 71.8 Å². The minimum absolute atomic E-state index is 1.19. The SMILES string of the molecule is CCCCCc1ccc2cc3sc4cc5ccc(CCCCC)cc5cc4c3cc2c1. The average molecular weight is 425 g/mol. The Kier molecular flexibility index (Phi) is 5.96. The van der Waals surface area contributed by atoms with Gasteiger partial charge in [-0.05, 0) is 82.6 Å². The van der Waals surface area contributed by atoms with Crippen molar-refractivity contribution >= 4 is 53.1 Å². The van der Waals surface area contributed by atoms with E-state index in [0.717, 1.165) is 0 Å². The average Bonchev–Trinajstić information content (AvgIpc) is 3.12. The van der Waals surface area contributed by atoms with E-state index >= 15 is 0 Å². The number of unbranched alkanes of at least 4 members (excludes halogenated alkanes) is 4. The Labute approximate surface area is 189 Å². The summed E-state index contributed by atoms with van der Waals surface area (Å²) >= 11 is 1.93. The third kappa shape index (κ3) is 4.21. The van der Waals surface area contributed by atoms with Crippen molar-refractivity contribution in [3.63, 3.8) is 0 Å². The Balaban J connectivity index is 1.57. The van der Waals surface area contributed by atoms with Crippen molar-refractivity contribution in [2.45, 2.75) is 65.2 Å². The molecule has 1 heteroatoms. The molecule has 0 radical (unpaired) electrons. The maximum Gasteiger partial charge on any atom is 0.0361 e. The summed E-state index contributed by atoms with van der Waals surface area (Å²) in [4.78, 5) is 0. The Morgan fingerprint density at radius 2 is 1.00 bits per heavy atom. The topological polar surface area (TPSA) is 0 Å². The van der Waals surface area contributed by atoms with Gasteiger partial charge in [0.1, 0.15) is 0 Å². The second kappa shape index (κ2) is 9.01. The van der Waals surface area contributed by atoms with Crippen LogP contribution in [0.3, 0.4) is 0 Å². The van der Waals surface area contributed by atoms with Gasteiger partial charge >= 0.3 is 0 Å². The van der Waals surface area contributed by atoms with Crippen LogP contribution in [0.5, 0.6) is 0 Å². The Morgan fingerprint density at radius 3 is 1.45 bits per heavy atom. The zero-order valence-corrected chi connectivity index (χ0v) is 19.7. The predicted molar refractivity (Wildman–Crippen MR) is 141 cm³/mol. The first-order valence-electron chi connectivity index (χ1n) is 12.1. The molecule has 1 aromatic heterocycles. The second-order valence-electron chi connectivity index (χ2n) is 9.08. The van der Waals surface area contributed by atoms with Gasteiger partial charge in [0.25, 0.3) is 0 Å². The molecule has 31 heavy (non-hydrogen) atoms. The number of hydrogen-bond acceptors (Lipinski definition) is 1. The van der Waals surface area contributed by atoms with Crippen molar-refractivity contribution in [2.75, 3.05) is 0 Å². The highest BCUT2D eigenvalue weighted by atomic mass is 32.1. The predicted octanol–water partition coefficient (Wildman–Crippen LogP) is 9.83. The van der Waals surface area contributed by atoms with E-state index in [0.29, 0.717) is 0 Å². The highest BCUT2D eigenvalue weighted by Crippen LogP contribution is 2.39. The normalized spacial score (nSPS) is 11.9. The van der Waals surface area contributed by atoms with Crippen LogP contribution >= 0.6 is 11.3 Å². The van der Waals surface area contributed by atoms with Gasteiger partial charge in [-0.15, -0.1) is 11.3 Å². The highest BCUT2D eigenvalue weighted by Gasteiger charge is 2.09. The van der Waals surface area contributed by atoms with Crippen molar-refractivity contribution in [1.82, 2.24) is 0 Å². The molecule has 0 amide bonds. The monoisotopic (exact) mass is 424 g/mol. The fourth-order valence-corrected chi connectivity index (χ4v) is 6.00. The van der Waals surface area contributed by atoms with Gasteiger partial charge in [-0.2, -0.15) is 0 Å². The van der Waals surface area contributed by atoms with Crippen LogP contribution in [0.25, 0.3) is 41.7 Å². The van der Waals surface area contributed by atoms with Crippen LogP contribution in [-0.2, 0) is 12.8 Å². The molecular weight excluding hydrogens is 392 g/mol. The number of thiophene rings is 1. The molecule has 0 bridgehead atoms. The summed E-state index contributed by atoms with van der Waals surface area (Å²) in [6.45, 7) is 4.55. The van der Waals surface area contributed by atoms with Gasteiger partial charge in [0.2, 0.25) is 0 Å². The van der Waals surface area contributed by atoms with Crippen molar-refractivity contribution in [3.8, 4) is 0 Å². The second-order valence-corrected chi connectivity index (χ2v) is 10.2. The Bertz CT molecular complexity index is 1250. The van der Waals surface area contributed by atoms with Crippen molar-refractivity contribution in [2.24, 2.45) is 0 Å². The Morgan fingerprint density at radius 1 is 0.516 bits per heavy atom. The summed E-state index contributed by atoms with van der Waals surface area (Å²) in [5, 5.41) is 8.32. The van der Waals surface area contributed by atoms with Crippen LogP contribution in [0.2, 0.25) is 0 Å². The number of benzene rings is 4. The van der Waals surface area contributed by atoms with Gasteiger partial charge in [-0.1, -0.05) is 75.9 Å². The largest absolute Gasteiger partial charge is 0.135 e. The van der Waals surface area contributed by atoms with E-state index < -0.39 is 0 Å². The summed E-state index contributed by atoms with van der Waals surface area (Å²) in [7, 11) is 0. The molecule has 0 saturated carbocycles. The lowest BCUT2D eigenvalue weighted by Crippen LogP contribution is -1.86. The number of rotatable bonds is 8. The molecule has 0 N–H and O–H groups in total. The van der Waals surface area contributed by atoms with Crippen LogP contribution in [0.1, 0.15) is 63.5 Å². The number of aryl methyl sites for hydroxylation is 2. The standard InChI is InChI=1S/C30H32S/c1-3-5-7-9-21-11-13-23-19-29-27(17-25(23)15-21)28-18-26-16-22(10-8-6-4-2)12-14-24(26)20-30(28)31-29/h11-20H,3-10H2,1-2H3. The lowest BCUT2D eigenvalue weighted by atomic mass is 9.99. The highest BCUT2D eigenvalue weighted by molar-refractivity contribution is 7.26. The van der Waals surface area contributed by atoms with E-state index in [9.17, 15) is 0 Å². The van der Waals surface area contributed by atoms with E-state index in [2.05, 4.69) is 74.5 Å². The van der Waals surface area contributed by atoms with Gasteiger partial charge < -0.3 is 0 Å². The molecule has 5 aromatic rings. The van der Waals surface area contributed by atoms with E-state index in [4.69, 9.17) is 0 Å². The molecule has 5 rings (SSSR count). The molecule has 0 atom stereocenters. The minimum Gasteiger partial charge on any atom is -0.135 e. The molecule has 0 unspecified atom stereocenters. The number of fused-ring (bicyclic) bond motifs is 5. The molecule has 0 spiro atoms. The summed E-state index contributed by atoms with van der Waals surface area (Å²) in [5.74, 6) is 0. The molecule has 0 aliphatic heterocycles. The van der Waals surface area contributed by atoms with Gasteiger partial charge in [-0.25, -0.2) is 0 Å². The first-order valence-corrected chi connectivity index (χ1v) is 12.9. The van der Waals surface area contributed by atoms with E-state index in [-0.39, 0.29) is 0 Å². The van der Waals surface area contributed by atoms with Crippen LogP contribution in [0.15, 0.2) is 60.7 Å². The van der Waals surface area contributed by atoms with Crippen molar-refractivity contribution < 1.29 is 0 Å². The molecule has 1 heterocycles. The Hall–Kier alpha value is -2.38. The van der Waals surface area contributed by atoms with Crippen LogP contribution < -0.4 is 0 Å². The molecular formula is C30H32S.